The number of nitrogens with zero attached hydrogens (tertiary/aromatic N) is 1. The van der Waals surface area contributed by atoms with Crippen molar-refractivity contribution in [1.29, 1.82) is 5.26 Å². The number of hydrogen-bond donors (Lipinski definition) is 1. The zero-order chi connectivity index (χ0) is 13.7. The molecule has 0 unspecified atom stereocenters. The third-order valence-corrected chi connectivity index (χ3v) is 2.66. The average Bonchev–Trinajstić information content (AvgIpc) is 2.48. The average molecular weight is 248 g/mol. The highest BCUT2D eigenvalue weighted by atomic mass is 16.1. The van der Waals surface area contributed by atoms with Gasteiger partial charge in [-0.3, -0.25) is 4.79 Å². The Kier molecular flexibility index (Phi) is 3.75. The molecule has 0 spiro atoms. The molecule has 0 bridgehead atoms. The van der Waals surface area contributed by atoms with Gasteiger partial charge in [0.2, 0.25) is 0 Å². The largest absolute Gasteiger partial charge is 0.322 e. The molecule has 0 atom stereocenters. The summed E-state index contributed by atoms with van der Waals surface area (Å²) in [6.45, 7) is 3.84. The maximum absolute atomic E-state index is 12.0. The van der Waals surface area contributed by atoms with E-state index in [9.17, 15) is 4.79 Å². The molecule has 2 aromatic carbocycles. The third-order valence-electron chi connectivity index (χ3n) is 2.66. The van der Waals surface area contributed by atoms with Crippen LogP contribution in [0.2, 0.25) is 0 Å². The van der Waals surface area contributed by atoms with Gasteiger partial charge in [0, 0.05) is 11.3 Å². The summed E-state index contributed by atoms with van der Waals surface area (Å²) in [5.74, 6) is -0.238. The van der Waals surface area contributed by atoms with Crippen molar-refractivity contribution in [1.82, 2.24) is 5.32 Å². The van der Waals surface area contributed by atoms with Crippen molar-refractivity contribution in [3.63, 3.8) is 0 Å². The van der Waals surface area contributed by atoms with Gasteiger partial charge in [0.25, 0.3) is 5.91 Å². The molecule has 0 aromatic heterocycles. The van der Waals surface area contributed by atoms with Crippen LogP contribution < -0.4 is 5.32 Å². The third kappa shape index (κ3) is 3.08. The van der Waals surface area contributed by atoms with Gasteiger partial charge < -0.3 is 5.32 Å². The Morgan fingerprint density at radius 3 is 2.21 bits per heavy atom. The number of carbonyl (C=O) groups is 1. The molecule has 0 aliphatic rings. The quantitative estimate of drug-likeness (QED) is 0.907. The van der Waals surface area contributed by atoms with Crippen molar-refractivity contribution in [3.8, 4) is 6.07 Å². The first kappa shape index (κ1) is 12.6. The van der Waals surface area contributed by atoms with Crippen LogP contribution in [0.15, 0.2) is 61.2 Å². The van der Waals surface area contributed by atoms with E-state index in [1.165, 1.54) is 0 Å². The summed E-state index contributed by atoms with van der Waals surface area (Å²) < 4.78 is 0. The molecular formula is C16H12N2O. The summed E-state index contributed by atoms with van der Waals surface area (Å²) in [4.78, 5) is 12.0. The van der Waals surface area contributed by atoms with E-state index in [1.54, 1.807) is 24.3 Å². The van der Waals surface area contributed by atoms with Crippen LogP contribution in [0.1, 0.15) is 21.5 Å². The monoisotopic (exact) mass is 248 g/mol. The fraction of sp³-hybridized carbons (Fsp3) is 0. The Labute approximate surface area is 111 Å². The van der Waals surface area contributed by atoms with E-state index in [0.717, 1.165) is 5.56 Å². The van der Waals surface area contributed by atoms with Gasteiger partial charge in [0.1, 0.15) is 0 Å². The van der Waals surface area contributed by atoms with E-state index >= 15 is 0 Å². The van der Waals surface area contributed by atoms with E-state index in [1.807, 2.05) is 36.4 Å². The maximum Gasteiger partial charge on any atom is 0.255 e. The van der Waals surface area contributed by atoms with Gasteiger partial charge in [0.05, 0.1) is 11.6 Å². The Balaban J connectivity index is 2.09. The van der Waals surface area contributed by atoms with Crippen LogP contribution in [0, 0.1) is 11.3 Å². The minimum atomic E-state index is -0.238. The lowest BCUT2D eigenvalue weighted by Crippen LogP contribution is -2.21. The molecule has 0 radical (unpaired) electrons. The predicted octanol–water partition coefficient (Wildman–Crippen LogP) is 2.96. The lowest BCUT2D eigenvalue weighted by molar-refractivity contribution is 0.0974. The zero-order valence-corrected chi connectivity index (χ0v) is 10.3. The van der Waals surface area contributed by atoms with Crippen LogP contribution in [-0.4, -0.2) is 5.91 Å². The fourth-order valence-electron chi connectivity index (χ4n) is 1.62. The Bertz CT molecular complexity index is 637. The van der Waals surface area contributed by atoms with E-state index in [-0.39, 0.29) is 5.91 Å². The minimum absolute atomic E-state index is 0.238. The first-order valence-corrected chi connectivity index (χ1v) is 5.76. The summed E-state index contributed by atoms with van der Waals surface area (Å²) in [6.07, 6.45) is 0. The summed E-state index contributed by atoms with van der Waals surface area (Å²) >= 11 is 0. The Morgan fingerprint density at radius 2 is 1.63 bits per heavy atom. The Hall–Kier alpha value is -2.86. The van der Waals surface area contributed by atoms with E-state index < -0.39 is 0 Å². The van der Waals surface area contributed by atoms with Gasteiger partial charge in [-0.05, 0) is 29.8 Å². The number of nitrogens with one attached hydrogen (secondary N) is 1. The topological polar surface area (TPSA) is 52.9 Å². The van der Waals surface area contributed by atoms with Crippen molar-refractivity contribution in [3.05, 3.63) is 77.9 Å². The highest BCUT2D eigenvalue weighted by Gasteiger charge is 2.07. The van der Waals surface area contributed by atoms with Gasteiger partial charge in [-0.2, -0.15) is 5.26 Å². The van der Waals surface area contributed by atoms with Crippen LogP contribution in [-0.2, 0) is 0 Å². The molecule has 19 heavy (non-hydrogen) atoms. The van der Waals surface area contributed by atoms with Gasteiger partial charge >= 0.3 is 0 Å². The van der Waals surface area contributed by atoms with Gasteiger partial charge in [-0.1, -0.05) is 36.9 Å². The second-order valence-electron chi connectivity index (χ2n) is 3.99. The van der Waals surface area contributed by atoms with Crippen molar-refractivity contribution in [2.75, 3.05) is 0 Å². The number of rotatable bonds is 3. The zero-order valence-electron chi connectivity index (χ0n) is 10.3. The van der Waals surface area contributed by atoms with Crippen molar-refractivity contribution in [2.45, 2.75) is 0 Å². The molecule has 1 amide bonds. The standard InChI is InChI=1S/C16H12N2O/c1-12(14-5-3-2-4-6-14)18-16(19)15-9-7-13(11-17)8-10-15/h2-10H,1H2,(H,18,19). The highest BCUT2D eigenvalue weighted by molar-refractivity contribution is 5.99. The first-order valence-electron chi connectivity index (χ1n) is 5.76. The SMILES string of the molecule is C=C(NC(=O)c1ccc(C#N)cc1)c1ccccc1. The number of carbonyl (C=O) groups excluding carboxylic acids is 1. The van der Waals surface area contributed by atoms with Crippen LogP contribution in [0.4, 0.5) is 0 Å². The normalized spacial score (nSPS) is 9.42. The van der Waals surface area contributed by atoms with Crippen LogP contribution in [0.3, 0.4) is 0 Å². The smallest absolute Gasteiger partial charge is 0.255 e. The summed E-state index contributed by atoms with van der Waals surface area (Å²) in [6, 6.07) is 17.9. The minimum Gasteiger partial charge on any atom is -0.322 e. The fourth-order valence-corrected chi connectivity index (χ4v) is 1.62. The van der Waals surface area contributed by atoms with Gasteiger partial charge in [-0.15, -0.1) is 0 Å². The van der Waals surface area contributed by atoms with Crippen LogP contribution >= 0.6 is 0 Å². The van der Waals surface area contributed by atoms with E-state index in [4.69, 9.17) is 5.26 Å². The molecule has 1 N–H and O–H groups in total. The molecule has 0 fully saturated rings. The van der Waals surface area contributed by atoms with E-state index in [0.29, 0.717) is 16.8 Å². The molecule has 0 saturated carbocycles. The van der Waals surface area contributed by atoms with E-state index in [2.05, 4.69) is 11.9 Å². The first-order chi connectivity index (χ1) is 9.20. The molecule has 0 aliphatic carbocycles. The van der Waals surface area contributed by atoms with Crippen LogP contribution in [0.25, 0.3) is 5.70 Å². The Morgan fingerprint density at radius 1 is 1.00 bits per heavy atom. The molecule has 0 saturated heterocycles. The van der Waals surface area contributed by atoms with Crippen LogP contribution in [0.5, 0.6) is 0 Å². The lowest BCUT2D eigenvalue weighted by Gasteiger charge is -2.08. The second kappa shape index (κ2) is 5.65. The van der Waals surface area contributed by atoms with Gasteiger partial charge in [0.15, 0.2) is 0 Å². The highest BCUT2D eigenvalue weighted by Crippen LogP contribution is 2.10. The number of amides is 1. The number of hydrogen-bond acceptors (Lipinski definition) is 2. The molecule has 0 aliphatic heterocycles. The summed E-state index contributed by atoms with van der Waals surface area (Å²) in [5.41, 5.74) is 2.44. The second-order valence-corrected chi connectivity index (χ2v) is 3.99. The summed E-state index contributed by atoms with van der Waals surface area (Å²) in [7, 11) is 0. The molecular weight excluding hydrogens is 236 g/mol. The lowest BCUT2D eigenvalue weighted by atomic mass is 10.1. The molecule has 3 nitrogen and oxygen atoms in total. The van der Waals surface area contributed by atoms with Gasteiger partial charge in [-0.25, -0.2) is 0 Å². The number of nitriles is 1. The summed E-state index contributed by atoms with van der Waals surface area (Å²) in [5, 5.41) is 11.4. The maximum atomic E-state index is 12.0. The predicted molar refractivity (Wildman–Crippen MR) is 74.1 cm³/mol. The molecule has 3 heteroatoms. The molecule has 2 rings (SSSR count). The number of benzene rings is 2. The van der Waals surface area contributed by atoms with Crippen molar-refractivity contribution in [2.24, 2.45) is 0 Å². The van der Waals surface area contributed by atoms with Crippen molar-refractivity contribution < 1.29 is 4.79 Å². The molecule has 0 heterocycles. The molecule has 92 valence electrons. The van der Waals surface area contributed by atoms with Crippen molar-refractivity contribution >= 4 is 11.6 Å². The molecule has 2 aromatic rings.